The van der Waals surface area contributed by atoms with E-state index in [9.17, 15) is 9.59 Å². The summed E-state index contributed by atoms with van der Waals surface area (Å²) in [6.07, 6.45) is 1.13. The summed E-state index contributed by atoms with van der Waals surface area (Å²) in [5.41, 5.74) is 27.8. The van der Waals surface area contributed by atoms with E-state index in [4.69, 9.17) is 11.5 Å². The molecular formula is C44H42N2O2. The lowest BCUT2D eigenvalue weighted by molar-refractivity contribution is 0.103. The molecular weight excluding hydrogens is 588 g/mol. The van der Waals surface area contributed by atoms with Gasteiger partial charge in [0.2, 0.25) is 0 Å². The average Bonchev–Trinajstić information content (AvgIpc) is 3.08. The van der Waals surface area contributed by atoms with E-state index in [-0.39, 0.29) is 11.6 Å². The highest BCUT2D eigenvalue weighted by molar-refractivity contribution is 6.11. The number of nitrogen functional groups attached to an aromatic ring is 2. The third-order valence-corrected chi connectivity index (χ3v) is 10.2. The molecule has 0 aliphatic carbocycles. The van der Waals surface area contributed by atoms with Crippen LogP contribution < -0.4 is 11.5 Å². The molecule has 6 aromatic carbocycles. The molecule has 0 heterocycles. The molecule has 0 fully saturated rings. The molecule has 6 aromatic rings. The van der Waals surface area contributed by atoms with E-state index in [2.05, 4.69) is 45.9 Å². The quantitative estimate of drug-likeness (QED) is 0.130. The minimum Gasteiger partial charge on any atom is -0.397 e. The molecule has 4 N–H and O–H groups in total. The molecule has 0 unspecified atom stereocenters. The van der Waals surface area contributed by atoms with E-state index in [1.807, 2.05) is 92.7 Å². The zero-order valence-electron chi connectivity index (χ0n) is 28.6. The molecule has 0 spiro atoms. The van der Waals surface area contributed by atoms with Gasteiger partial charge in [-0.2, -0.15) is 0 Å². The van der Waals surface area contributed by atoms with Crippen LogP contribution in [0.25, 0.3) is 10.8 Å². The van der Waals surface area contributed by atoms with E-state index in [0.29, 0.717) is 35.3 Å². The van der Waals surface area contributed by atoms with Gasteiger partial charge in [-0.1, -0.05) is 78.9 Å². The SMILES string of the molecule is Cc1ccc(C(=O)c2cccc(Cc3cccc4cc(N)c(N)c(Cc5cccc(C(=O)c6ccc(C)c(C)c6C)c5)c34)c2)c(C)c1C. The summed E-state index contributed by atoms with van der Waals surface area (Å²) in [7, 11) is 0. The van der Waals surface area contributed by atoms with Gasteiger partial charge < -0.3 is 11.5 Å². The molecule has 4 nitrogen and oxygen atoms in total. The van der Waals surface area contributed by atoms with Crippen molar-refractivity contribution in [1.82, 2.24) is 0 Å². The van der Waals surface area contributed by atoms with E-state index in [0.717, 1.165) is 66.4 Å². The second-order valence-electron chi connectivity index (χ2n) is 13.1. The van der Waals surface area contributed by atoms with Crippen LogP contribution >= 0.6 is 0 Å². The van der Waals surface area contributed by atoms with Crippen LogP contribution in [-0.2, 0) is 12.8 Å². The minimum atomic E-state index is 0.00830. The smallest absolute Gasteiger partial charge is 0.193 e. The number of rotatable bonds is 8. The van der Waals surface area contributed by atoms with E-state index in [1.165, 1.54) is 11.1 Å². The van der Waals surface area contributed by atoms with Crippen LogP contribution in [0.5, 0.6) is 0 Å². The van der Waals surface area contributed by atoms with Crippen molar-refractivity contribution in [3.63, 3.8) is 0 Å². The Balaban J connectivity index is 1.36. The molecule has 48 heavy (non-hydrogen) atoms. The normalized spacial score (nSPS) is 11.2. The van der Waals surface area contributed by atoms with Gasteiger partial charge in [0, 0.05) is 28.7 Å². The lowest BCUT2D eigenvalue weighted by atomic mass is 9.88. The molecule has 6 rings (SSSR count). The molecule has 0 aliphatic heterocycles. The molecule has 0 amide bonds. The molecule has 0 saturated carbocycles. The van der Waals surface area contributed by atoms with Crippen molar-refractivity contribution < 1.29 is 9.59 Å². The second kappa shape index (κ2) is 13.0. The number of hydrogen-bond donors (Lipinski definition) is 2. The monoisotopic (exact) mass is 630 g/mol. The fourth-order valence-corrected chi connectivity index (χ4v) is 6.78. The zero-order valence-corrected chi connectivity index (χ0v) is 28.6. The maximum atomic E-state index is 13.7. The van der Waals surface area contributed by atoms with Gasteiger partial charge in [-0.05, 0) is 133 Å². The Morgan fingerprint density at radius 1 is 0.542 bits per heavy atom. The van der Waals surface area contributed by atoms with E-state index >= 15 is 0 Å². The highest BCUT2D eigenvalue weighted by Crippen LogP contribution is 2.35. The third kappa shape index (κ3) is 6.02. The van der Waals surface area contributed by atoms with Crippen LogP contribution in [0.15, 0.2) is 97.1 Å². The number of carbonyl (C=O) groups is 2. The maximum Gasteiger partial charge on any atom is 0.193 e. The summed E-state index contributed by atoms with van der Waals surface area (Å²) >= 11 is 0. The van der Waals surface area contributed by atoms with Crippen LogP contribution in [0.3, 0.4) is 0 Å². The Morgan fingerprint density at radius 2 is 1.04 bits per heavy atom. The standard InChI is InChI=1S/C44H42N2O2/c1-25-16-18-37(29(5)27(25)3)43(47)35-14-7-10-31(21-35)20-33-12-9-13-34-24-40(45)42(46)39(41(33)34)23-32-11-8-15-36(22-32)44(48)38-19-17-26(2)28(4)30(38)6/h7-19,21-22,24H,20,23,45-46H2,1-6H3. The zero-order chi connectivity index (χ0) is 34.3. The van der Waals surface area contributed by atoms with Crippen molar-refractivity contribution in [2.45, 2.75) is 54.4 Å². The Kier molecular flexibility index (Phi) is 8.77. The number of hydrogen-bond acceptors (Lipinski definition) is 4. The van der Waals surface area contributed by atoms with Gasteiger partial charge >= 0.3 is 0 Å². The van der Waals surface area contributed by atoms with Gasteiger partial charge in [0.25, 0.3) is 0 Å². The van der Waals surface area contributed by atoms with Gasteiger partial charge in [0.15, 0.2) is 11.6 Å². The fraction of sp³-hybridized carbons (Fsp3) is 0.182. The van der Waals surface area contributed by atoms with Crippen molar-refractivity contribution in [2.24, 2.45) is 0 Å². The number of aryl methyl sites for hydroxylation is 2. The van der Waals surface area contributed by atoms with Gasteiger partial charge in [0.1, 0.15) is 0 Å². The van der Waals surface area contributed by atoms with Gasteiger partial charge in [-0.3, -0.25) is 9.59 Å². The summed E-state index contributed by atoms with van der Waals surface area (Å²) < 4.78 is 0. The lowest BCUT2D eigenvalue weighted by Crippen LogP contribution is -2.07. The first-order chi connectivity index (χ1) is 22.9. The summed E-state index contributed by atoms with van der Waals surface area (Å²) in [6.45, 7) is 12.3. The number of ketones is 2. The highest BCUT2D eigenvalue weighted by atomic mass is 16.1. The van der Waals surface area contributed by atoms with Crippen molar-refractivity contribution >= 4 is 33.7 Å². The van der Waals surface area contributed by atoms with Crippen molar-refractivity contribution in [2.75, 3.05) is 11.5 Å². The molecule has 0 atom stereocenters. The molecule has 0 aliphatic rings. The van der Waals surface area contributed by atoms with Crippen LogP contribution in [0.2, 0.25) is 0 Å². The fourth-order valence-electron chi connectivity index (χ4n) is 6.78. The Morgan fingerprint density at radius 3 is 1.58 bits per heavy atom. The Labute approximate surface area is 283 Å². The lowest BCUT2D eigenvalue weighted by Gasteiger charge is -2.17. The largest absolute Gasteiger partial charge is 0.397 e. The number of benzene rings is 6. The summed E-state index contributed by atoms with van der Waals surface area (Å²) in [6, 6.07) is 31.8. The number of nitrogens with two attached hydrogens (primary N) is 2. The summed E-state index contributed by atoms with van der Waals surface area (Å²) in [5, 5.41) is 2.05. The maximum absolute atomic E-state index is 13.7. The summed E-state index contributed by atoms with van der Waals surface area (Å²) in [4.78, 5) is 27.3. The van der Waals surface area contributed by atoms with E-state index < -0.39 is 0 Å². The number of fused-ring (bicyclic) bond motifs is 1. The van der Waals surface area contributed by atoms with Gasteiger partial charge in [-0.25, -0.2) is 0 Å². The third-order valence-electron chi connectivity index (χ3n) is 10.2. The Bertz CT molecular complexity index is 2260. The van der Waals surface area contributed by atoms with Crippen LogP contribution in [-0.4, -0.2) is 11.6 Å². The predicted molar refractivity (Wildman–Crippen MR) is 199 cm³/mol. The topological polar surface area (TPSA) is 86.2 Å². The first kappa shape index (κ1) is 32.5. The molecule has 0 saturated heterocycles. The van der Waals surface area contributed by atoms with Crippen LogP contribution in [0.1, 0.15) is 87.5 Å². The first-order valence-corrected chi connectivity index (χ1v) is 16.4. The number of anilines is 2. The Hall–Kier alpha value is -5.48. The molecule has 0 aromatic heterocycles. The predicted octanol–water partition coefficient (Wildman–Crippen LogP) is 9.50. The minimum absolute atomic E-state index is 0.00830. The second-order valence-corrected chi connectivity index (χ2v) is 13.1. The molecule has 4 heteroatoms. The van der Waals surface area contributed by atoms with Crippen molar-refractivity contribution in [3.05, 3.63) is 175 Å². The van der Waals surface area contributed by atoms with Gasteiger partial charge in [-0.15, -0.1) is 0 Å². The van der Waals surface area contributed by atoms with Gasteiger partial charge in [0.05, 0.1) is 11.4 Å². The highest BCUT2D eigenvalue weighted by Gasteiger charge is 2.19. The molecule has 0 bridgehead atoms. The molecule has 240 valence electrons. The summed E-state index contributed by atoms with van der Waals surface area (Å²) in [5.74, 6) is 0.0347. The number of carbonyl (C=O) groups excluding carboxylic acids is 2. The van der Waals surface area contributed by atoms with Crippen LogP contribution in [0, 0.1) is 41.5 Å². The van der Waals surface area contributed by atoms with E-state index in [1.54, 1.807) is 0 Å². The molecule has 0 radical (unpaired) electrons. The van der Waals surface area contributed by atoms with Crippen LogP contribution in [0.4, 0.5) is 11.4 Å². The van der Waals surface area contributed by atoms with Crippen molar-refractivity contribution in [3.8, 4) is 0 Å². The first-order valence-electron chi connectivity index (χ1n) is 16.4. The van der Waals surface area contributed by atoms with Crippen molar-refractivity contribution in [1.29, 1.82) is 0 Å². The average molecular weight is 631 g/mol.